The molecule has 1 aliphatic rings. The minimum absolute atomic E-state index is 0.0335. The highest BCUT2D eigenvalue weighted by molar-refractivity contribution is 7.91. The molecule has 0 aliphatic carbocycles. The highest BCUT2D eigenvalue weighted by Crippen LogP contribution is 2.19. The second-order valence-electron chi connectivity index (χ2n) is 6.25. The summed E-state index contributed by atoms with van der Waals surface area (Å²) in [5, 5.41) is 6.70. The number of piperidine rings is 1. The Hall–Kier alpha value is -2.42. The fourth-order valence-electron chi connectivity index (χ4n) is 2.86. The Morgan fingerprint density at radius 2 is 2.04 bits per heavy atom. The van der Waals surface area contributed by atoms with Crippen molar-refractivity contribution >= 4 is 15.7 Å². The molecule has 1 aromatic heterocycles. The lowest BCUT2D eigenvalue weighted by Crippen LogP contribution is -2.44. The number of amides is 1. The van der Waals surface area contributed by atoms with Gasteiger partial charge in [-0.1, -0.05) is 23.3 Å². The van der Waals surface area contributed by atoms with Gasteiger partial charge in [0.1, 0.15) is 11.5 Å². The second-order valence-corrected chi connectivity index (χ2v) is 8.12. The number of nitrogens with zero attached hydrogens (tertiary/aromatic N) is 3. The summed E-state index contributed by atoms with van der Waals surface area (Å²) in [5.41, 5.74) is 0. The molecule has 1 atom stereocenters. The van der Waals surface area contributed by atoms with E-state index in [1.165, 1.54) is 0 Å². The third-order valence-electron chi connectivity index (χ3n) is 4.26. The maximum Gasteiger partial charge on any atom is 0.336 e. The van der Waals surface area contributed by atoms with E-state index in [0.717, 1.165) is 19.3 Å². The van der Waals surface area contributed by atoms with E-state index in [-0.39, 0.29) is 18.5 Å². The summed E-state index contributed by atoms with van der Waals surface area (Å²) in [6.45, 7) is 2.45. The molecule has 140 valence electrons. The molecule has 0 bridgehead atoms. The zero-order valence-corrected chi connectivity index (χ0v) is 15.3. The number of hydrogen-bond acceptors (Lipinski definition) is 7. The largest absolute Gasteiger partial charge is 0.484 e. The van der Waals surface area contributed by atoms with Crippen LogP contribution in [0.2, 0.25) is 0 Å². The number of ether oxygens (including phenoxy) is 1. The molecule has 26 heavy (non-hydrogen) atoms. The molecule has 2 heterocycles. The number of rotatable bonds is 6. The smallest absolute Gasteiger partial charge is 0.336 e. The van der Waals surface area contributed by atoms with Crippen molar-refractivity contribution in [1.82, 2.24) is 15.1 Å². The van der Waals surface area contributed by atoms with Gasteiger partial charge in [-0.3, -0.25) is 4.79 Å². The lowest BCUT2D eigenvalue weighted by Gasteiger charge is -2.33. The van der Waals surface area contributed by atoms with Gasteiger partial charge in [-0.05, 0) is 38.3 Å². The number of aromatic nitrogens is 2. The van der Waals surface area contributed by atoms with Gasteiger partial charge >= 0.3 is 5.22 Å². The summed E-state index contributed by atoms with van der Waals surface area (Å²) in [6.07, 6.45) is 2.82. The molecule has 1 fully saturated rings. The first-order valence-corrected chi connectivity index (χ1v) is 10.1. The Bertz CT molecular complexity index is 850. The number of likely N-dealkylation sites (tertiary alicyclic amines) is 1. The summed E-state index contributed by atoms with van der Waals surface area (Å²) in [5.74, 6) is -0.466. The molecule has 3 rings (SSSR count). The molecule has 0 N–H and O–H groups in total. The lowest BCUT2D eigenvalue weighted by atomic mass is 10.0. The van der Waals surface area contributed by atoms with Crippen LogP contribution in [0.15, 0.2) is 40.0 Å². The number of carbonyl (C=O) groups is 1. The fraction of sp³-hybridized carbons (Fsp3) is 0.471. The van der Waals surface area contributed by atoms with Crippen LogP contribution in [-0.4, -0.2) is 47.8 Å². The Balaban J connectivity index is 1.62. The van der Waals surface area contributed by atoms with Gasteiger partial charge in [0.15, 0.2) is 6.61 Å². The van der Waals surface area contributed by atoms with Gasteiger partial charge in [-0.15, -0.1) is 5.10 Å². The first-order chi connectivity index (χ1) is 12.5. The quantitative estimate of drug-likeness (QED) is 0.754. The van der Waals surface area contributed by atoms with Crippen molar-refractivity contribution in [2.45, 2.75) is 44.1 Å². The van der Waals surface area contributed by atoms with E-state index >= 15 is 0 Å². The van der Waals surface area contributed by atoms with Crippen molar-refractivity contribution in [3.05, 3.63) is 36.2 Å². The standard InChI is InChI=1S/C17H21N3O5S/c1-13-7-5-6-10-20(13)16(21)12-26(22,23)17-19-18-15(25-17)11-24-14-8-3-2-4-9-14/h2-4,8-9,13H,5-7,10-12H2,1H3. The molecule has 9 heteroatoms. The van der Waals surface area contributed by atoms with E-state index in [0.29, 0.717) is 12.3 Å². The van der Waals surface area contributed by atoms with Crippen molar-refractivity contribution in [3.63, 3.8) is 0 Å². The van der Waals surface area contributed by atoms with Crippen LogP contribution in [0.3, 0.4) is 0 Å². The Kier molecular flexibility index (Phi) is 5.55. The molecule has 0 radical (unpaired) electrons. The van der Waals surface area contributed by atoms with Gasteiger partial charge < -0.3 is 14.1 Å². The van der Waals surface area contributed by atoms with Gasteiger partial charge in [0, 0.05) is 12.6 Å². The zero-order chi connectivity index (χ0) is 18.6. The predicted octanol–water partition coefficient (Wildman–Crippen LogP) is 1.82. The minimum atomic E-state index is -3.98. The first kappa shape index (κ1) is 18.4. The lowest BCUT2D eigenvalue weighted by molar-refractivity contribution is -0.131. The van der Waals surface area contributed by atoms with Crippen molar-refractivity contribution in [1.29, 1.82) is 0 Å². The molecule has 1 saturated heterocycles. The molecule has 0 spiro atoms. The molecule has 1 unspecified atom stereocenters. The molecular weight excluding hydrogens is 358 g/mol. The molecule has 8 nitrogen and oxygen atoms in total. The Morgan fingerprint density at radius 3 is 2.77 bits per heavy atom. The van der Waals surface area contributed by atoms with Gasteiger partial charge in [-0.2, -0.15) is 0 Å². The molecule has 1 aromatic carbocycles. The van der Waals surface area contributed by atoms with Gasteiger partial charge in [0.2, 0.25) is 15.7 Å². The average Bonchev–Trinajstić information content (AvgIpc) is 3.11. The van der Waals surface area contributed by atoms with E-state index in [9.17, 15) is 13.2 Å². The van der Waals surface area contributed by atoms with Gasteiger partial charge in [0.25, 0.3) is 5.89 Å². The van der Waals surface area contributed by atoms with Crippen LogP contribution in [0.25, 0.3) is 0 Å². The number of para-hydroxylation sites is 1. The molecule has 1 aliphatic heterocycles. The molecule has 2 aromatic rings. The number of benzene rings is 1. The molecule has 1 amide bonds. The molecule has 0 saturated carbocycles. The Labute approximate surface area is 152 Å². The van der Waals surface area contributed by atoms with Crippen molar-refractivity contribution in [2.75, 3.05) is 12.3 Å². The number of sulfone groups is 1. The van der Waals surface area contributed by atoms with Crippen LogP contribution in [0.1, 0.15) is 32.1 Å². The van der Waals surface area contributed by atoms with E-state index < -0.39 is 26.7 Å². The van der Waals surface area contributed by atoms with Crippen LogP contribution in [-0.2, 0) is 21.2 Å². The summed E-state index contributed by atoms with van der Waals surface area (Å²) in [7, 11) is -3.98. The van der Waals surface area contributed by atoms with Crippen molar-refractivity contribution < 1.29 is 22.4 Å². The maximum atomic E-state index is 12.4. The SMILES string of the molecule is CC1CCCCN1C(=O)CS(=O)(=O)c1nnc(COc2ccccc2)o1. The minimum Gasteiger partial charge on any atom is -0.484 e. The van der Waals surface area contributed by atoms with E-state index in [2.05, 4.69) is 10.2 Å². The second kappa shape index (κ2) is 7.86. The Morgan fingerprint density at radius 1 is 1.27 bits per heavy atom. The van der Waals surface area contributed by atoms with Crippen molar-refractivity contribution in [2.24, 2.45) is 0 Å². The highest BCUT2D eigenvalue weighted by Gasteiger charge is 2.31. The summed E-state index contributed by atoms with van der Waals surface area (Å²) >= 11 is 0. The van der Waals surface area contributed by atoms with E-state index in [1.54, 1.807) is 17.0 Å². The maximum absolute atomic E-state index is 12.4. The first-order valence-electron chi connectivity index (χ1n) is 8.48. The third-order valence-corrected chi connectivity index (χ3v) is 5.58. The normalized spacial score (nSPS) is 17.9. The average molecular weight is 379 g/mol. The monoisotopic (exact) mass is 379 g/mol. The van der Waals surface area contributed by atoms with E-state index in [1.807, 2.05) is 25.1 Å². The summed E-state index contributed by atoms with van der Waals surface area (Å²) in [6, 6.07) is 9.03. The summed E-state index contributed by atoms with van der Waals surface area (Å²) in [4.78, 5) is 14.0. The van der Waals surface area contributed by atoms with Crippen LogP contribution < -0.4 is 4.74 Å². The summed E-state index contributed by atoms with van der Waals surface area (Å²) < 4.78 is 35.4. The van der Waals surface area contributed by atoms with Crippen molar-refractivity contribution in [3.8, 4) is 5.75 Å². The molecular formula is C17H21N3O5S. The van der Waals surface area contributed by atoms with Crippen LogP contribution >= 0.6 is 0 Å². The van der Waals surface area contributed by atoms with Crippen LogP contribution in [0, 0.1) is 0 Å². The van der Waals surface area contributed by atoms with Crippen LogP contribution in [0.5, 0.6) is 5.75 Å². The zero-order valence-electron chi connectivity index (χ0n) is 14.5. The fourth-order valence-corrected chi connectivity index (χ4v) is 3.86. The number of carbonyl (C=O) groups excluding carboxylic acids is 1. The highest BCUT2D eigenvalue weighted by atomic mass is 32.2. The van der Waals surface area contributed by atoms with E-state index in [4.69, 9.17) is 9.15 Å². The van der Waals surface area contributed by atoms with Gasteiger partial charge in [0.05, 0.1) is 0 Å². The topological polar surface area (TPSA) is 103 Å². The third kappa shape index (κ3) is 4.40. The van der Waals surface area contributed by atoms with Gasteiger partial charge in [-0.25, -0.2) is 8.42 Å². The van der Waals surface area contributed by atoms with Crippen LogP contribution in [0.4, 0.5) is 0 Å². The number of hydrogen-bond donors (Lipinski definition) is 0. The predicted molar refractivity (Wildman–Crippen MR) is 92.2 cm³/mol.